The molecule has 0 radical (unpaired) electrons. The molecule has 1 amide bonds. The standard InChI is InChI=1S/C15H11F3N2OS/c16-15(17,18)11-6-2-1-5-10(11)14-20(13(21)9-22-14)12-7-3-4-8-19-12/h1-8,14H,9H2. The molecule has 7 heteroatoms. The Morgan fingerprint density at radius 2 is 1.86 bits per heavy atom. The smallest absolute Gasteiger partial charge is 0.279 e. The average Bonchev–Trinajstić information content (AvgIpc) is 2.89. The highest BCUT2D eigenvalue weighted by Gasteiger charge is 2.41. The molecule has 1 aromatic carbocycles. The van der Waals surface area contributed by atoms with E-state index in [1.54, 1.807) is 24.3 Å². The van der Waals surface area contributed by atoms with Crippen LogP contribution < -0.4 is 4.90 Å². The van der Waals surface area contributed by atoms with Gasteiger partial charge in [0.2, 0.25) is 5.91 Å². The van der Waals surface area contributed by atoms with Crippen LogP contribution in [0.2, 0.25) is 0 Å². The van der Waals surface area contributed by atoms with E-state index in [0.29, 0.717) is 5.82 Å². The van der Waals surface area contributed by atoms with E-state index in [-0.39, 0.29) is 17.2 Å². The van der Waals surface area contributed by atoms with Crippen LogP contribution in [0.25, 0.3) is 0 Å². The van der Waals surface area contributed by atoms with E-state index in [1.807, 2.05) is 0 Å². The molecule has 3 rings (SSSR count). The second-order valence-corrected chi connectivity index (χ2v) is 5.77. The number of hydrogen-bond acceptors (Lipinski definition) is 3. The minimum absolute atomic E-state index is 0.0801. The van der Waals surface area contributed by atoms with Gasteiger partial charge in [-0.25, -0.2) is 4.98 Å². The van der Waals surface area contributed by atoms with E-state index < -0.39 is 17.1 Å². The highest BCUT2D eigenvalue weighted by molar-refractivity contribution is 8.00. The van der Waals surface area contributed by atoms with Gasteiger partial charge in [0.15, 0.2) is 0 Å². The number of benzene rings is 1. The van der Waals surface area contributed by atoms with Crippen molar-refractivity contribution in [2.75, 3.05) is 10.7 Å². The molecule has 2 heterocycles. The first-order valence-corrected chi connectivity index (χ1v) is 7.54. The lowest BCUT2D eigenvalue weighted by Crippen LogP contribution is -2.29. The van der Waals surface area contributed by atoms with Crippen molar-refractivity contribution in [3.63, 3.8) is 0 Å². The van der Waals surface area contributed by atoms with Gasteiger partial charge in [0.05, 0.1) is 11.3 Å². The molecular formula is C15H11F3N2OS. The van der Waals surface area contributed by atoms with Crippen LogP contribution in [0, 0.1) is 0 Å². The van der Waals surface area contributed by atoms with Gasteiger partial charge in [-0.1, -0.05) is 24.3 Å². The number of pyridine rings is 1. The Bertz CT molecular complexity index is 691. The summed E-state index contributed by atoms with van der Waals surface area (Å²) in [6.45, 7) is 0. The predicted molar refractivity (Wildman–Crippen MR) is 78.4 cm³/mol. The first kappa shape index (κ1) is 14.9. The van der Waals surface area contributed by atoms with Crippen molar-refractivity contribution >= 4 is 23.5 Å². The SMILES string of the molecule is O=C1CSC(c2ccccc2C(F)(F)F)N1c1ccccn1. The lowest BCUT2D eigenvalue weighted by atomic mass is 10.1. The van der Waals surface area contributed by atoms with Crippen LogP contribution in [0.15, 0.2) is 48.7 Å². The van der Waals surface area contributed by atoms with E-state index in [0.717, 1.165) is 6.07 Å². The highest BCUT2D eigenvalue weighted by Crippen LogP contribution is 2.45. The third kappa shape index (κ3) is 2.68. The molecule has 0 saturated carbocycles. The van der Waals surface area contributed by atoms with Crippen molar-refractivity contribution in [2.45, 2.75) is 11.6 Å². The van der Waals surface area contributed by atoms with Gasteiger partial charge in [-0.2, -0.15) is 13.2 Å². The predicted octanol–water partition coefficient (Wildman–Crippen LogP) is 3.88. The molecule has 0 spiro atoms. The van der Waals surface area contributed by atoms with Crippen molar-refractivity contribution in [3.8, 4) is 0 Å². The normalized spacial score (nSPS) is 18.8. The summed E-state index contributed by atoms with van der Waals surface area (Å²) in [6, 6.07) is 10.3. The number of nitrogens with zero attached hydrogens (tertiary/aromatic N) is 2. The Labute approximate surface area is 129 Å². The van der Waals surface area contributed by atoms with Crippen LogP contribution in [-0.4, -0.2) is 16.6 Å². The molecule has 0 aliphatic carbocycles. The Morgan fingerprint density at radius 1 is 1.14 bits per heavy atom. The summed E-state index contributed by atoms with van der Waals surface area (Å²) in [5, 5.41) is -0.722. The van der Waals surface area contributed by atoms with E-state index >= 15 is 0 Å². The zero-order chi connectivity index (χ0) is 15.7. The van der Waals surface area contributed by atoms with Gasteiger partial charge in [0, 0.05) is 6.20 Å². The number of halogens is 3. The van der Waals surface area contributed by atoms with Crippen molar-refractivity contribution in [3.05, 3.63) is 59.8 Å². The summed E-state index contributed by atoms with van der Waals surface area (Å²) in [5.41, 5.74) is -0.639. The Hall–Kier alpha value is -2.02. The van der Waals surface area contributed by atoms with Crippen LogP contribution in [0.4, 0.5) is 19.0 Å². The van der Waals surface area contributed by atoms with Crippen molar-refractivity contribution in [2.24, 2.45) is 0 Å². The summed E-state index contributed by atoms with van der Waals surface area (Å²) < 4.78 is 39.6. The number of anilines is 1. The maximum atomic E-state index is 13.2. The molecule has 1 aromatic heterocycles. The highest BCUT2D eigenvalue weighted by atomic mass is 32.2. The molecule has 0 bridgehead atoms. The molecule has 1 fully saturated rings. The molecule has 1 atom stereocenters. The first-order chi connectivity index (χ1) is 10.5. The second-order valence-electron chi connectivity index (χ2n) is 4.70. The van der Waals surface area contributed by atoms with Gasteiger partial charge >= 0.3 is 6.18 Å². The summed E-state index contributed by atoms with van der Waals surface area (Å²) in [7, 11) is 0. The van der Waals surface area contributed by atoms with Crippen LogP contribution >= 0.6 is 11.8 Å². The third-order valence-electron chi connectivity index (χ3n) is 3.30. The third-order valence-corrected chi connectivity index (χ3v) is 4.49. The fourth-order valence-electron chi connectivity index (χ4n) is 2.37. The Kier molecular flexibility index (Phi) is 3.82. The maximum absolute atomic E-state index is 13.2. The Morgan fingerprint density at radius 3 is 2.55 bits per heavy atom. The molecule has 1 unspecified atom stereocenters. The Balaban J connectivity index is 2.07. The van der Waals surface area contributed by atoms with Gasteiger partial charge < -0.3 is 0 Å². The fourth-order valence-corrected chi connectivity index (χ4v) is 3.57. The van der Waals surface area contributed by atoms with E-state index in [9.17, 15) is 18.0 Å². The number of hydrogen-bond donors (Lipinski definition) is 0. The molecule has 2 aromatic rings. The number of alkyl halides is 3. The van der Waals surface area contributed by atoms with Crippen LogP contribution in [0.1, 0.15) is 16.5 Å². The second kappa shape index (κ2) is 5.64. The zero-order valence-corrected chi connectivity index (χ0v) is 12.1. The van der Waals surface area contributed by atoms with E-state index in [4.69, 9.17) is 0 Å². The molecule has 1 saturated heterocycles. The van der Waals surface area contributed by atoms with E-state index in [2.05, 4.69) is 4.98 Å². The minimum atomic E-state index is -4.46. The molecule has 1 aliphatic rings. The van der Waals surface area contributed by atoms with Gasteiger partial charge in [-0.3, -0.25) is 9.69 Å². The zero-order valence-electron chi connectivity index (χ0n) is 11.2. The van der Waals surface area contributed by atoms with E-state index in [1.165, 1.54) is 35.0 Å². The summed E-state index contributed by atoms with van der Waals surface area (Å²) >= 11 is 1.17. The van der Waals surface area contributed by atoms with Crippen LogP contribution in [0.3, 0.4) is 0 Å². The number of carbonyl (C=O) groups is 1. The van der Waals surface area contributed by atoms with Crippen LogP contribution in [-0.2, 0) is 11.0 Å². The summed E-state index contributed by atoms with van der Waals surface area (Å²) in [4.78, 5) is 17.5. The number of amides is 1. The molecular weight excluding hydrogens is 313 g/mol. The molecule has 1 aliphatic heterocycles. The fraction of sp³-hybridized carbons (Fsp3) is 0.200. The molecule has 0 N–H and O–H groups in total. The van der Waals surface area contributed by atoms with Crippen molar-refractivity contribution in [1.82, 2.24) is 4.98 Å². The van der Waals surface area contributed by atoms with Crippen LogP contribution in [0.5, 0.6) is 0 Å². The van der Waals surface area contributed by atoms with Gasteiger partial charge in [0.1, 0.15) is 11.2 Å². The molecule has 22 heavy (non-hydrogen) atoms. The van der Waals surface area contributed by atoms with Gasteiger partial charge in [0.25, 0.3) is 0 Å². The van der Waals surface area contributed by atoms with Crippen molar-refractivity contribution in [1.29, 1.82) is 0 Å². The monoisotopic (exact) mass is 324 g/mol. The lowest BCUT2D eigenvalue weighted by molar-refractivity contribution is -0.138. The first-order valence-electron chi connectivity index (χ1n) is 6.49. The lowest BCUT2D eigenvalue weighted by Gasteiger charge is -2.25. The largest absolute Gasteiger partial charge is 0.416 e. The van der Waals surface area contributed by atoms with Gasteiger partial charge in [-0.15, -0.1) is 11.8 Å². The number of thioether (sulfide) groups is 1. The van der Waals surface area contributed by atoms with Gasteiger partial charge in [-0.05, 0) is 23.8 Å². The molecule has 114 valence electrons. The number of aromatic nitrogens is 1. The quantitative estimate of drug-likeness (QED) is 0.840. The average molecular weight is 324 g/mol. The molecule has 3 nitrogen and oxygen atoms in total. The topological polar surface area (TPSA) is 33.2 Å². The minimum Gasteiger partial charge on any atom is -0.279 e. The number of carbonyl (C=O) groups excluding carboxylic acids is 1. The number of rotatable bonds is 2. The summed E-state index contributed by atoms with van der Waals surface area (Å²) in [5.74, 6) is 0.248. The maximum Gasteiger partial charge on any atom is 0.416 e. The summed E-state index contributed by atoms with van der Waals surface area (Å²) in [6.07, 6.45) is -2.95. The van der Waals surface area contributed by atoms with Crippen molar-refractivity contribution < 1.29 is 18.0 Å².